The Balaban J connectivity index is 1.65. The Morgan fingerprint density at radius 1 is 1.46 bits per heavy atom. The van der Waals surface area contributed by atoms with Crippen molar-refractivity contribution in [3.05, 3.63) is 47.3 Å². The molecule has 0 fully saturated rings. The molecule has 1 atom stereocenters. The van der Waals surface area contributed by atoms with E-state index in [1.807, 2.05) is 6.07 Å². The first-order valence-corrected chi connectivity index (χ1v) is 8.03. The summed E-state index contributed by atoms with van der Waals surface area (Å²) in [6, 6.07) is 4.94. The fourth-order valence-corrected chi connectivity index (χ4v) is 3.05. The average Bonchev–Trinajstić information content (AvgIpc) is 3.05. The molecule has 0 bridgehead atoms. The van der Waals surface area contributed by atoms with Crippen molar-refractivity contribution in [1.29, 1.82) is 5.26 Å². The molecule has 6 nitrogen and oxygen atoms in total. The standard InChI is InChI=1S/C17H16F3N5O/c1-24(16(26)13-4-2-11(6-21)7-22-13)8-12-3-5-15-23-14(17(18,19)20)10-25(15)9-12/h2,4,7,10,12H,3,5,8-9H2,1H3. The molecular formula is C17H16F3N5O. The van der Waals surface area contributed by atoms with Crippen LogP contribution in [-0.4, -0.2) is 38.9 Å². The Bertz CT molecular complexity index is 851. The van der Waals surface area contributed by atoms with Crippen LogP contribution in [0.3, 0.4) is 0 Å². The number of carbonyl (C=O) groups excluding carboxylic acids is 1. The fraction of sp³-hybridized carbons (Fsp3) is 0.412. The first-order chi connectivity index (χ1) is 12.3. The smallest absolute Gasteiger partial charge is 0.340 e. The van der Waals surface area contributed by atoms with Crippen molar-refractivity contribution in [3.8, 4) is 6.07 Å². The zero-order valence-corrected chi connectivity index (χ0v) is 14.0. The number of hydrogen-bond donors (Lipinski definition) is 0. The van der Waals surface area contributed by atoms with Crippen LogP contribution in [-0.2, 0) is 19.1 Å². The monoisotopic (exact) mass is 363 g/mol. The van der Waals surface area contributed by atoms with E-state index in [1.54, 1.807) is 7.05 Å². The second kappa shape index (κ2) is 6.78. The summed E-state index contributed by atoms with van der Waals surface area (Å²) in [6.07, 6.45) is -0.984. The second-order valence-electron chi connectivity index (χ2n) is 6.33. The van der Waals surface area contributed by atoms with E-state index >= 15 is 0 Å². The number of nitrogens with zero attached hydrogens (tertiary/aromatic N) is 5. The maximum atomic E-state index is 12.8. The molecule has 2 aromatic rings. The van der Waals surface area contributed by atoms with Crippen molar-refractivity contribution >= 4 is 5.91 Å². The Labute approximate surface area is 147 Å². The maximum absolute atomic E-state index is 12.8. The minimum Gasteiger partial charge on any atom is -0.340 e. The normalized spacial score (nSPS) is 16.7. The highest BCUT2D eigenvalue weighted by Gasteiger charge is 2.36. The third-order valence-electron chi connectivity index (χ3n) is 4.37. The third-order valence-corrected chi connectivity index (χ3v) is 4.37. The summed E-state index contributed by atoms with van der Waals surface area (Å²) in [5.41, 5.74) is -0.283. The Kier molecular flexibility index (Phi) is 4.68. The molecule has 26 heavy (non-hydrogen) atoms. The first-order valence-electron chi connectivity index (χ1n) is 8.03. The van der Waals surface area contributed by atoms with Crippen LogP contribution in [0.25, 0.3) is 0 Å². The van der Waals surface area contributed by atoms with Crippen LogP contribution in [0.2, 0.25) is 0 Å². The molecule has 1 aliphatic rings. The summed E-state index contributed by atoms with van der Waals surface area (Å²) in [4.78, 5) is 21.5. The van der Waals surface area contributed by atoms with Crippen LogP contribution in [0.4, 0.5) is 13.2 Å². The zero-order chi connectivity index (χ0) is 18.9. The van der Waals surface area contributed by atoms with Gasteiger partial charge < -0.3 is 9.47 Å². The topological polar surface area (TPSA) is 74.8 Å². The van der Waals surface area contributed by atoms with E-state index < -0.39 is 11.9 Å². The number of carbonyl (C=O) groups is 1. The summed E-state index contributed by atoms with van der Waals surface area (Å²) in [5.74, 6) is 0.170. The largest absolute Gasteiger partial charge is 0.434 e. The molecule has 0 saturated carbocycles. The number of amides is 1. The second-order valence-corrected chi connectivity index (χ2v) is 6.33. The van der Waals surface area contributed by atoms with Gasteiger partial charge in [0.25, 0.3) is 5.91 Å². The molecule has 1 aliphatic heterocycles. The van der Waals surface area contributed by atoms with Crippen LogP contribution in [0.5, 0.6) is 0 Å². The van der Waals surface area contributed by atoms with Gasteiger partial charge in [0.15, 0.2) is 5.69 Å². The van der Waals surface area contributed by atoms with Gasteiger partial charge in [-0.1, -0.05) is 0 Å². The van der Waals surface area contributed by atoms with Crippen LogP contribution in [0.15, 0.2) is 24.5 Å². The summed E-state index contributed by atoms with van der Waals surface area (Å²) in [7, 11) is 1.63. The van der Waals surface area contributed by atoms with Gasteiger partial charge in [-0.3, -0.25) is 4.79 Å². The summed E-state index contributed by atoms with van der Waals surface area (Å²) in [6.45, 7) is 0.788. The molecule has 2 aromatic heterocycles. The Hall–Kier alpha value is -2.89. The molecule has 1 unspecified atom stereocenters. The molecule has 3 rings (SSSR count). The molecule has 0 aromatic carbocycles. The molecule has 0 spiro atoms. The SMILES string of the molecule is CN(CC1CCc2nc(C(F)(F)F)cn2C1)C(=O)c1ccc(C#N)cn1. The van der Waals surface area contributed by atoms with Gasteiger partial charge in [0.2, 0.25) is 0 Å². The number of rotatable bonds is 3. The van der Waals surface area contributed by atoms with Crippen molar-refractivity contribution in [2.75, 3.05) is 13.6 Å². The average molecular weight is 363 g/mol. The van der Waals surface area contributed by atoms with E-state index in [1.165, 1.54) is 27.8 Å². The number of aromatic nitrogens is 3. The molecular weight excluding hydrogens is 347 g/mol. The van der Waals surface area contributed by atoms with E-state index in [4.69, 9.17) is 5.26 Å². The highest BCUT2D eigenvalue weighted by molar-refractivity contribution is 5.92. The molecule has 1 amide bonds. The maximum Gasteiger partial charge on any atom is 0.434 e. The van der Waals surface area contributed by atoms with Gasteiger partial charge in [0, 0.05) is 39.0 Å². The van der Waals surface area contributed by atoms with Crippen LogP contribution in [0, 0.1) is 17.2 Å². The minimum atomic E-state index is -4.45. The van der Waals surface area contributed by atoms with Crippen molar-refractivity contribution in [2.24, 2.45) is 5.92 Å². The number of pyridine rings is 1. The highest BCUT2D eigenvalue weighted by Crippen LogP contribution is 2.30. The predicted molar refractivity (Wildman–Crippen MR) is 85.0 cm³/mol. The van der Waals surface area contributed by atoms with Gasteiger partial charge in [-0.15, -0.1) is 0 Å². The molecule has 0 saturated heterocycles. The van der Waals surface area contributed by atoms with Gasteiger partial charge in [-0.2, -0.15) is 18.4 Å². The highest BCUT2D eigenvalue weighted by atomic mass is 19.4. The molecule has 3 heterocycles. The quantitative estimate of drug-likeness (QED) is 0.840. The molecule has 0 aliphatic carbocycles. The third kappa shape index (κ3) is 3.69. The lowest BCUT2D eigenvalue weighted by molar-refractivity contribution is -0.141. The number of imidazole rings is 1. The summed E-state index contributed by atoms with van der Waals surface area (Å²) < 4.78 is 39.8. The van der Waals surface area contributed by atoms with Crippen molar-refractivity contribution < 1.29 is 18.0 Å². The number of aryl methyl sites for hydroxylation is 1. The van der Waals surface area contributed by atoms with Crippen LogP contribution in [0.1, 0.15) is 34.0 Å². The molecule has 0 N–H and O–H groups in total. The zero-order valence-electron chi connectivity index (χ0n) is 14.0. The molecule has 0 radical (unpaired) electrons. The molecule has 136 valence electrons. The lowest BCUT2D eigenvalue weighted by Crippen LogP contribution is -2.35. The van der Waals surface area contributed by atoms with E-state index in [2.05, 4.69) is 9.97 Å². The lowest BCUT2D eigenvalue weighted by atomic mass is 9.99. The lowest BCUT2D eigenvalue weighted by Gasteiger charge is -2.28. The number of halogens is 3. The number of alkyl halides is 3. The van der Waals surface area contributed by atoms with Gasteiger partial charge >= 0.3 is 6.18 Å². The van der Waals surface area contributed by atoms with E-state index in [9.17, 15) is 18.0 Å². The van der Waals surface area contributed by atoms with Crippen molar-refractivity contribution in [2.45, 2.75) is 25.6 Å². The van der Waals surface area contributed by atoms with Gasteiger partial charge in [0.05, 0.1) is 5.56 Å². The fourth-order valence-electron chi connectivity index (χ4n) is 3.05. The van der Waals surface area contributed by atoms with Crippen molar-refractivity contribution in [3.63, 3.8) is 0 Å². The minimum absolute atomic E-state index is 0.0325. The Morgan fingerprint density at radius 3 is 2.85 bits per heavy atom. The van der Waals surface area contributed by atoms with E-state index in [0.717, 1.165) is 6.20 Å². The predicted octanol–water partition coefficient (Wildman–Crippen LogP) is 2.50. The van der Waals surface area contributed by atoms with E-state index in [0.29, 0.717) is 37.3 Å². The van der Waals surface area contributed by atoms with Gasteiger partial charge in [-0.25, -0.2) is 9.97 Å². The molecule has 9 heteroatoms. The van der Waals surface area contributed by atoms with E-state index in [-0.39, 0.29) is 17.5 Å². The van der Waals surface area contributed by atoms with Crippen LogP contribution < -0.4 is 0 Å². The summed E-state index contributed by atoms with van der Waals surface area (Å²) in [5, 5.41) is 8.76. The number of hydrogen-bond acceptors (Lipinski definition) is 4. The van der Waals surface area contributed by atoms with Gasteiger partial charge in [-0.05, 0) is 24.5 Å². The number of fused-ring (bicyclic) bond motifs is 1. The number of nitriles is 1. The Morgan fingerprint density at radius 2 is 2.23 bits per heavy atom. The van der Waals surface area contributed by atoms with Gasteiger partial charge in [0.1, 0.15) is 17.6 Å². The first kappa shape index (κ1) is 17.9. The van der Waals surface area contributed by atoms with Crippen molar-refractivity contribution in [1.82, 2.24) is 19.4 Å². The van der Waals surface area contributed by atoms with Crippen LogP contribution >= 0.6 is 0 Å². The summed E-state index contributed by atoms with van der Waals surface area (Å²) >= 11 is 0.